The molecule has 0 aliphatic heterocycles. The lowest BCUT2D eigenvalue weighted by Crippen LogP contribution is -2.26. The Labute approximate surface area is 168 Å². The van der Waals surface area contributed by atoms with Gasteiger partial charge in [0.2, 0.25) is 0 Å². The minimum Gasteiger partial charge on any atom is -0.496 e. The number of nitrogens with one attached hydrogen (secondary N) is 1. The zero-order valence-electron chi connectivity index (χ0n) is 16.1. The van der Waals surface area contributed by atoms with Gasteiger partial charge in [-0.1, -0.05) is 23.8 Å². The molecule has 3 aromatic rings. The molecule has 0 saturated carbocycles. The van der Waals surface area contributed by atoms with E-state index in [9.17, 15) is 9.59 Å². The van der Waals surface area contributed by atoms with Crippen molar-refractivity contribution in [3.8, 4) is 5.75 Å². The lowest BCUT2D eigenvalue weighted by atomic mass is 10.1. The van der Waals surface area contributed by atoms with Gasteiger partial charge in [-0.25, -0.2) is 0 Å². The van der Waals surface area contributed by atoms with Crippen molar-refractivity contribution >= 4 is 28.8 Å². The van der Waals surface area contributed by atoms with Crippen LogP contribution in [0.1, 0.15) is 31.2 Å². The van der Waals surface area contributed by atoms with E-state index in [1.165, 1.54) is 11.3 Å². The summed E-state index contributed by atoms with van der Waals surface area (Å²) in [5, 5.41) is 4.69. The summed E-state index contributed by atoms with van der Waals surface area (Å²) in [6.45, 7) is 2.45. The van der Waals surface area contributed by atoms with E-state index in [-0.39, 0.29) is 11.8 Å². The lowest BCUT2D eigenvalue weighted by Gasteiger charge is -2.19. The molecule has 3 rings (SSSR count). The molecule has 0 unspecified atom stereocenters. The molecule has 1 aromatic heterocycles. The molecule has 0 aliphatic rings. The number of carbonyl (C=O) groups excluding carboxylic acids is 2. The Morgan fingerprint density at radius 2 is 1.86 bits per heavy atom. The summed E-state index contributed by atoms with van der Waals surface area (Å²) in [7, 11) is 3.38. The Kier molecular flexibility index (Phi) is 6.11. The Morgan fingerprint density at radius 1 is 1.11 bits per heavy atom. The van der Waals surface area contributed by atoms with Gasteiger partial charge in [0, 0.05) is 30.4 Å². The maximum atomic E-state index is 12.8. The monoisotopic (exact) mass is 394 g/mol. The van der Waals surface area contributed by atoms with Crippen molar-refractivity contribution < 1.29 is 14.3 Å². The van der Waals surface area contributed by atoms with Gasteiger partial charge in [-0.3, -0.25) is 9.59 Å². The number of hydrogen-bond acceptors (Lipinski definition) is 4. The molecule has 0 bridgehead atoms. The third-order valence-corrected chi connectivity index (χ3v) is 5.19. The van der Waals surface area contributed by atoms with Crippen molar-refractivity contribution in [2.75, 3.05) is 19.5 Å². The molecule has 6 heteroatoms. The van der Waals surface area contributed by atoms with E-state index in [1.807, 2.05) is 36.6 Å². The third kappa shape index (κ3) is 4.58. The quantitative estimate of drug-likeness (QED) is 0.665. The highest BCUT2D eigenvalue weighted by Gasteiger charge is 2.15. The Morgan fingerprint density at radius 3 is 2.50 bits per heavy atom. The van der Waals surface area contributed by atoms with Gasteiger partial charge in [0.1, 0.15) is 5.75 Å². The van der Waals surface area contributed by atoms with Gasteiger partial charge in [-0.2, -0.15) is 0 Å². The number of thiophene rings is 1. The van der Waals surface area contributed by atoms with E-state index in [0.29, 0.717) is 22.7 Å². The van der Waals surface area contributed by atoms with Crippen molar-refractivity contribution in [1.29, 1.82) is 0 Å². The number of ether oxygens (including phenoxy) is 1. The zero-order valence-corrected chi connectivity index (χ0v) is 16.9. The molecule has 1 heterocycles. The van der Waals surface area contributed by atoms with Gasteiger partial charge < -0.3 is 15.0 Å². The number of nitrogens with zero attached hydrogens (tertiary/aromatic N) is 1. The van der Waals surface area contributed by atoms with Crippen LogP contribution in [0.15, 0.2) is 60.0 Å². The highest BCUT2D eigenvalue weighted by molar-refractivity contribution is 7.12. The number of carbonyl (C=O) groups is 2. The van der Waals surface area contributed by atoms with Crippen molar-refractivity contribution in [2.45, 2.75) is 13.5 Å². The molecule has 0 fully saturated rings. The van der Waals surface area contributed by atoms with Gasteiger partial charge in [0.15, 0.2) is 0 Å². The van der Waals surface area contributed by atoms with Gasteiger partial charge in [0.25, 0.3) is 11.8 Å². The SMILES string of the molecule is COc1ccc(C)cc1CN(C)C(=O)c1ccc(NC(=O)c2cccs2)cc1. The van der Waals surface area contributed by atoms with Crippen LogP contribution in [0.5, 0.6) is 5.75 Å². The number of rotatable bonds is 6. The first-order chi connectivity index (χ1) is 13.5. The molecular weight excluding hydrogens is 372 g/mol. The second kappa shape index (κ2) is 8.71. The van der Waals surface area contributed by atoms with Gasteiger partial charge in [-0.15, -0.1) is 11.3 Å². The average Bonchev–Trinajstić information content (AvgIpc) is 3.23. The summed E-state index contributed by atoms with van der Waals surface area (Å²) in [4.78, 5) is 27.2. The van der Waals surface area contributed by atoms with Crippen LogP contribution in [-0.4, -0.2) is 30.9 Å². The molecular formula is C22H22N2O3S. The first kappa shape index (κ1) is 19.6. The first-order valence-electron chi connectivity index (χ1n) is 8.82. The molecule has 0 aliphatic carbocycles. The number of methoxy groups -OCH3 is 1. The summed E-state index contributed by atoms with van der Waals surface area (Å²) in [6, 6.07) is 16.4. The predicted molar refractivity (Wildman–Crippen MR) is 112 cm³/mol. The van der Waals surface area contributed by atoms with Crippen molar-refractivity contribution in [2.24, 2.45) is 0 Å². The van der Waals surface area contributed by atoms with Crippen LogP contribution in [0.3, 0.4) is 0 Å². The predicted octanol–water partition coefficient (Wildman–Crippen LogP) is 4.59. The minimum atomic E-state index is -0.155. The average molecular weight is 394 g/mol. The van der Waals surface area contributed by atoms with Crippen molar-refractivity contribution in [3.05, 3.63) is 81.5 Å². The van der Waals surface area contributed by atoms with Gasteiger partial charge >= 0.3 is 0 Å². The van der Waals surface area contributed by atoms with E-state index >= 15 is 0 Å². The van der Waals surface area contributed by atoms with Crippen LogP contribution in [0.25, 0.3) is 0 Å². The lowest BCUT2D eigenvalue weighted by molar-refractivity contribution is 0.0784. The smallest absolute Gasteiger partial charge is 0.265 e. The maximum absolute atomic E-state index is 12.8. The summed E-state index contributed by atoms with van der Waals surface area (Å²) in [5.74, 6) is 0.509. The molecule has 28 heavy (non-hydrogen) atoms. The summed E-state index contributed by atoms with van der Waals surface area (Å²) in [6.07, 6.45) is 0. The third-order valence-electron chi connectivity index (χ3n) is 4.32. The number of anilines is 1. The maximum Gasteiger partial charge on any atom is 0.265 e. The fourth-order valence-electron chi connectivity index (χ4n) is 2.88. The van der Waals surface area contributed by atoms with E-state index in [4.69, 9.17) is 4.74 Å². The molecule has 0 radical (unpaired) electrons. The second-order valence-electron chi connectivity index (χ2n) is 6.49. The van der Waals surface area contributed by atoms with Crippen molar-refractivity contribution in [3.63, 3.8) is 0 Å². The topological polar surface area (TPSA) is 58.6 Å². The Hall–Kier alpha value is -3.12. The van der Waals surface area contributed by atoms with Crippen LogP contribution >= 0.6 is 11.3 Å². The van der Waals surface area contributed by atoms with E-state index in [2.05, 4.69) is 5.32 Å². The molecule has 2 aromatic carbocycles. The van der Waals surface area contributed by atoms with Crippen LogP contribution in [0.2, 0.25) is 0 Å². The summed E-state index contributed by atoms with van der Waals surface area (Å²) < 4.78 is 5.39. The zero-order chi connectivity index (χ0) is 20.1. The van der Waals surface area contributed by atoms with Crippen LogP contribution in [0.4, 0.5) is 5.69 Å². The first-order valence-corrected chi connectivity index (χ1v) is 9.70. The molecule has 0 spiro atoms. The highest BCUT2D eigenvalue weighted by Crippen LogP contribution is 2.22. The molecule has 5 nitrogen and oxygen atoms in total. The van der Waals surface area contributed by atoms with Crippen molar-refractivity contribution in [1.82, 2.24) is 4.90 Å². The fourth-order valence-corrected chi connectivity index (χ4v) is 3.49. The van der Waals surface area contributed by atoms with E-state index < -0.39 is 0 Å². The molecule has 0 saturated heterocycles. The highest BCUT2D eigenvalue weighted by atomic mass is 32.1. The van der Waals surface area contributed by atoms with Crippen LogP contribution < -0.4 is 10.1 Å². The number of hydrogen-bond donors (Lipinski definition) is 1. The van der Waals surface area contributed by atoms with Gasteiger partial charge in [-0.05, 0) is 48.7 Å². The number of benzene rings is 2. The molecule has 1 N–H and O–H groups in total. The normalized spacial score (nSPS) is 10.4. The van der Waals surface area contributed by atoms with E-state index in [1.54, 1.807) is 49.4 Å². The Bertz CT molecular complexity index is 966. The van der Waals surface area contributed by atoms with Gasteiger partial charge in [0.05, 0.1) is 12.0 Å². The number of amides is 2. The minimum absolute atomic E-state index is 0.0975. The molecule has 144 valence electrons. The van der Waals surface area contributed by atoms with Crippen LogP contribution in [-0.2, 0) is 6.54 Å². The molecule has 2 amide bonds. The largest absolute Gasteiger partial charge is 0.496 e. The standard InChI is InChI=1S/C22H22N2O3S/c1-15-6-11-19(27-3)17(13-15)14-24(2)22(26)16-7-9-18(10-8-16)23-21(25)20-5-4-12-28-20/h4-13H,14H2,1-3H3,(H,23,25). The fraction of sp³-hybridized carbons (Fsp3) is 0.182. The second-order valence-corrected chi connectivity index (χ2v) is 7.43. The Balaban J connectivity index is 1.67. The summed E-state index contributed by atoms with van der Waals surface area (Å²) >= 11 is 1.38. The summed E-state index contributed by atoms with van der Waals surface area (Å²) in [5.41, 5.74) is 3.28. The number of aryl methyl sites for hydroxylation is 1. The van der Waals surface area contributed by atoms with Crippen LogP contribution in [0, 0.1) is 6.92 Å². The van der Waals surface area contributed by atoms with E-state index in [0.717, 1.165) is 16.9 Å². The molecule has 0 atom stereocenters.